The third-order valence-corrected chi connectivity index (χ3v) is 4.31. The Hall–Kier alpha value is -3.01. The number of carbonyl (C=O) groups is 1. The van der Waals surface area contributed by atoms with E-state index in [1.54, 1.807) is 16.9 Å². The maximum absolute atomic E-state index is 11.8. The lowest BCUT2D eigenvalue weighted by molar-refractivity contribution is 0.252. The molecule has 10 heteroatoms. The summed E-state index contributed by atoms with van der Waals surface area (Å²) in [7, 11) is 0. The van der Waals surface area contributed by atoms with Gasteiger partial charge in [0.25, 0.3) is 0 Å². The largest absolute Gasteiger partial charge is 0.338 e. The van der Waals surface area contributed by atoms with Crippen molar-refractivity contribution in [1.82, 2.24) is 35.5 Å². The number of hydrogen-bond donors (Lipinski definition) is 2. The van der Waals surface area contributed by atoms with Crippen LogP contribution in [0.15, 0.2) is 47.8 Å². The number of aromatic nitrogens is 6. The zero-order chi connectivity index (χ0) is 18.2. The van der Waals surface area contributed by atoms with Crippen LogP contribution in [0.2, 0.25) is 0 Å². The molecule has 1 aromatic carbocycles. The summed E-state index contributed by atoms with van der Waals surface area (Å²) in [6.45, 7) is 2.36. The van der Waals surface area contributed by atoms with Crippen LogP contribution >= 0.6 is 11.8 Å². The average molecular weight is 370 g/mol. The van der Waals surface area contributed by atoms with E-state index < -0.39 is 0 Å². The highest BCUT2D eigenvalue weighted by molar-refractivity contribution is 7.99. The zero-order valence-corrected chi connectivity index (χ0v) is 15.0. The minimum atomic E-state index is -0.324. The van der Waals surface area contributed by atoms with E-state index in [2.05, 4.69) is 36.1 Å². The number of rotatable bonds is 7. The molecule has 26 heavy (non-hydrogen) atoms. The van der Waals surface area contributed by atoms with Gasteiger partial charge in [0.15, 0.2) is 0 Å². The second-order valence-electron chi connectivity index (χ2n) is 5.31. The van der Waals surface area contributed by atoms with E-state index in [0.717, 1.165) is 23.6 Å². The lowest BCUT2D eigenvalue weighted by atomic mass is 10.3. The van der Waals surface area contributed by atoms with E-state index in [4.69, 9.17) is 0 Å². The Morgan fingerprint density at radius 1 is 1.23 bits per heavy atom. The molecule has 2 N–H and O–H groups in total. The molecule has 2 heterocycles. The first-order valence-electron chi connectivity index (χ1n) is 8.03. The molecule has 0 fully saturated rings. The molecule has 0 bridgehead atoms. The highest BCUT2D eigenvalue weighted by atomic mass is 32.2. The number of aryl methyl sites for hydroxylation is 1. The third kappa shape index (κ3) is 4.99. The molecule has 3 rings (SSSR count). The molecular formula is C16H18N8OS. The van der Waals surface area contributed by atoms with Gasteiger partial charge in [0.05, 0.1) is 5.69 Å². The van der Waals surface area contributed by atoms with Crippen LogP contribution in [0.4, 0.5) is 10.7 Å². The van der Waals surface area contributed by atoms with Gasteiger partial charge in [-0.1, -0.05) is 30.0 Å². The van der Waals surface area contributed by atoms with Crippen LogP contribution in [-0.4, -0.2) is 48.5 Å². The summed E-state index contributed by atoms with van der Waals surface area (Å²) < 4.78 is 1.69. The minimum absolute atomic E-state index is 0.291. The van der Waals surface area contributed by atoms with Crippen LogP contribution in [-0.2, 0) is 0 Å². The van der Waals surface area contributed by atoms with Crippen molar-refractivity contribution in [1.29, 1.82) is 0 Å². The molecule has 0 atom stereocenters. The maximum Gasteiger partial charge on any atom is 0.321 e. The SMILES string of the molecule is Cc1ccnc(NC(=O)NCCCSc2nnnn2-c2ccccc2)n1. The van der Waals surface area contributed by atoms with Crippen LogP contribution in [0, 0.1) is 6.92 Å². The van der Waals surface area contributed by atoms with Crippen molar-refractivity contribution in [2.45, 2.75) is 18.5 Å². The molecule has 9 nitrogen and oxygen atoms in total. The summed E-state index contributed by atoms with van der Waals surface area (Å²) in [5.41, 5.74) is 1.71. The number of urea groups is 1. The van der Waals surface area contributed by atoms with Crippen molar-refractivity contribution in [3.63, 3.8) is 0 Å². The molecule has 0 aliphatic heterocycles. The van der Waals surface area contributed by atoms with Gasteiger partial charge in [-0.3, -0.25) is 5.32 Å². The molecule has 0 spiro atoms. The average Bonchev–Trinajstić information content (AvgIpc) is 3.11. The fourth-order valence-electron chi connectivity index (χ4n) is 2.09. The van der Waals surface area contributed by atoms with Gasteiger partial charge in [-0.15, -0.1) is 5.10 Å². The van der Waals surface area contributed by atoms with E-state index in [9.17, 15) is 4.79 Å². The van der Waals surface area contributed by atoms with Crippen molar-refractivity contribution in [2.75, 3.05) is 17.6 Å². The monoisotopic (exact) mass is 370 g/mol. The number of tetrazole rings is 1. The number of benzene rings is 1. The summed E-state index contributed by atoms with van der Waals surface area (Å²) in [5, 5.41) is 17.9. The topological polar surface area (TPSA) is 111 Å². The molecule has 0 saturated heterocycles. The molecule has 0 aliphatic carbocycles. The fourth-order valence-corrected chi connectivity index (χ4v) is 2.92. The lowest BCUT2D eigenvalue weighted by Crippen LogP contribution is -2.30. The molecule has 0 radical (unpaired) electrons. The number of anilines is 1. The van der Waals surface area contributed by atoms with Crippen molar-refractivity contribution >= 4 is 23.7 Å². The predicted octanol–water partition coefficient (Wildman–Crippen LogP) is 2.06. The van der Waals surface area contributed by atoms with Gasteiger partial charge >= 0.3 is 6.03 Å². The minimum Gasteiger partial charge on any atom is -0.338 e. The van der Waals surface area contributed by atoms with Gasteiger partial charge in [0.1, 0.15) is 0 Å². The van der Waals surface area contributed by atoms with Crippen LogP contribution in [0.3, 0.4) is 0 Å². The van der Waals surface area contributed by atoms with Gasteiger partial charge in [-0.2, -0.15) is 4.68 Å². The molecule has 0 saturated carbocycles. The summed E-state index contributed by atoms with van der Waals surface area (Å²) >= 11 is 1.54. The first-order chi connectivity index (χ1) is 12.7. The quantitative estimate of drug-likeness (QED) is 0.484. The van der Waals surface area contributed by atoms with E-state index >= 15 is 0 Å². The number of carbonyl (C=O) groups excluding carboxylic acids is 1. The van der Waals surface area contributed by atoms with Crippen LogP contribution in [0.5, 0.6) is 0 Å². The van der Waals surface area contributed by atoms with Gasteiger partial charge in [0.2, 0.25) is 11.1 Å². The van der Waals surface area contributed by atoms with Crippen molar-refractivity contribution in [2.24, 2.45) is 0 Å². The van der Waals surface area contributed by atoms with Crippen LogP contribution in [0.25, 0.3) is 5.69 Å². The Morgan fingerprint density at radius 2 is 2.08 bits per heavy atom. The molecule has 3 aromatic rings. The Bertz CT molecular complexity index is 854. The van der Waals surface area contributed by atoms with Gasteiger partial charge in [0, 0.05) is 24.2 Å². The molecule has 134 valence electrons. The summed E-state index contributed by atoms with van der Waals surface area (Å²) in [5.74, 6) is 1.06. The van der Waals surface area contributed by atoms with Crippen molar-refractivity contribution in [3.8, 4) is 5.69 Å². The highest BCUT2D eigenvalue weighted by Crippen LogP contribution is 2.18. The number of amides is 2. The second-order valence-corrected chi connectivity index (χ2v) is 6.38. The number of hydrogen-bond acceptors (Lipinski definition) is 7. The first kappa shape index (κ1) is 17.8. The van der Waals surface area contributed by atoms with E-state index in [0.29, 0.717) is 17.6 Å². The van der Waals surface area contributed by atoms with Gasteiger partial charge < -0.3 is 5.32 Å². The molecule has 0 aliphatic rings. The number of para-hydroxylation sites is 1. The van der Waals surface area contributed by atoms with Crippen LogP contribution < -0.4 is 10.6 Å². The molecule has 2 aromatic heterocycles. The lowest BCUT2D eigenvalue weighted by Gasteiger charge is -2.07. The smallest absolute Gasteiger partial charge is 0.321 e. The van der Waals surface area contributed by atoms with Crippen molar-refractivity contribution < 1.29 is 4.79 Å². The number of nitrogens with zero attached hydrogens (tertiary/aromatic N) is 6. The van der Waals surface area contributed by atoms with Crippen molar-refractivity contribution in [3.05, 3.63) is 48.3 Å². The number of thioether (sulfide) groups is 1. The highest BCUT2D eigenvalue weighted by Gasteiger charge is 2.08. The summed E-state index contributed by atoms with van der Waals surface area (Å²) in [4.78, 5) is 19.9. The Balaban J connectivity index is 1.40. The Kier molecular flexibility index (Phi) is 6.09. The maximum atomic E-state index is 11.8. The normalized spacial score (nSPS) is 10.5. The predicted molar refractivity (Wildman–Crippen MR) is 98.3 cm³/mol. The zero-order valence-electron chi connectivity index (χ0n) is 14.2. The summed E-state index contributed by atoms with van der Waals surface area (Å²) in [6, 6.07) is 11.1. The number of nitrogens with one attached hydrogen (secondary N) is 2. The van der Waals surface area contributed by atoms with E-state index in [-0.39, 0.29) is 6.03 Å². The third-order valence-electron chi connectivity index (χ3n) is 3.30. The van der Waals surface area contributed by atoms with E-state index in [1.165, 1.54) is 11.8 Å². The first-order valence-corrected chi connectivity index (χ1v) is 9.02. The van der Waals surface area contributed by atoms with Gasteiger partial charge in [-0.25, -0.2) is 14.8 Å². The van der Waals surface area contributed by atoms with Gasteiger partial charge in [-0.05, 0) is 42.0 Å². The van der Waals surface area contributed by atoms with E-state index in [1.807, 2.05) is 37.3 Å². The molecule has 0 unspecified atom stereocenters. The Morgan fingerprint density at radius 3 is 2.88 bits per heavy atom. The second kappa shape index (κ2) is 8.90. The fraction of sp³-hybridized carbons (Fsp3) is 0.250. The standard InChI is InChI=1S/C16H18N8OS/c1-12-8-10-17-14(19-12)20-15(25)18-9-5-11-26-16-21-22-23-24(16)13-6-3-2-4-7-13/h2-4,6-8,10H,5,9,11H2,1H3,(H2,17,18,19,20,25). The summed E-state index contributed by atoms with van der Waals surface area (Å²) in [6.07, 6.45) is 2.37. The molecule has 2 amide bonds. The Labute approximate surface area is 154 Å². The molecular weight excluding hydrogens is 352 g/mol. The van der Waals surface area contributed by atoms with Crippen LogP contribution in [0.1, 0.15) is 12.1 Å².